The van der Waals surface area contributed by atoms with Crippen molar-refractivity contribution in [3.8, 4) is 0 Å². The van der Waals surface area contributed by atoms with Crippen LogP contribution < -0.4 is 10.3 Å². The lowest BCUT2D eigenvalue weighted by Crippen LogP contribution is -2.36. The Bertz CT molecular complexity index is 632. The van der Waals surface area contributed by atoms with Gasteiger partial charge in [0.1, 0.15) is 5.58 Å². The number of anilines is 1. The smallest absolute Gasteiger partial charge is 0.200 e. The van der Waals surface area contributed by atoms with Crippen LogP contribution in [-0.2, 0) is 4.74 Å². The molecule has 0 N–H and O–H groups in total. The quantitative estimate of drug-likeness (QED) is 0.811. The Morgan fingerprint density at radius 2 is 1.94 bits per heavy atom. The largest absolute Gasteiger partial charge is 0.440 e. The molecule has 0 aliphatic carbocycles. The maximum absolute atomic E-state index is 12.0. The number of hydrogen-bond donors (Lipinski definition) is 0. The van der Waals surface area contributed by atoms with Crippen LogP contribution in [0.3, 0.4) is 0 Å². The summed E-state index contributed by atoms with van der Waals surface area (Å²) in [5.41, 5.74) is 0.601. The van der Waals surface area contributed by atoms with Crippen molar-refractivity contribution >= 4 is 32.8 Å². The van der Waals surface area contributed by atoms with Crippen LogP contribution >= 0.6 is 15.9 Å². The molecule has 3 rings (SSSR count). The van der Waals surface area contributed by atoms with E-state index in [-0.39, 0.29) is 5.43 Å². The molecule has 2 heterocycles. The van der Waals surface area contributed by atoms with Crippen molar-refractivity contribution in [3.63, 3.8) is 0 Å². The summed E-state index contributed by atoms with van der Waals surface area (Å²) in [4.78, 5) is 14.1. The zero-order valence-corrected chi connectivity index (χ0v) is 11.3. The molecule has 0 radical (unpaired) electrons. The first-order valence-electron chi connectivity index (χ1n) is 5.80. The van der Waals surface area contributed by atoms with E-state index in [2.05, 4.69) is 15.9 Å². The first-order valence-corrected chi connectivity index (χ1v) is 6.59. The van der Waals surface area contributed by atoms with Crippen molar-refractivity contribution in [1.29, 1.82) is 0 Å². The molecule has 0 saturated carbocycles. The predicted molar refractivity (Wildman–Crippen MR) is 73.2 cm³/mol. The number of nitrogens with zero attached hydrogens (tertiary/aromatic N) is 1. The summed E-state index contributed by atoms with van der Waals surface area (Å²) in [6, 6.07) is 6.99. The average Bonchev–Trinajstić information content (AvgIpc) is 2.39. The summed E-state index contributed by atoms with van der Waals surface area (Å²) in [5.74, 6) is 0.619. The highest BCUT2D eigenvalue weighted by Crippen LogP contribution is 2.22. The third-order valence-electron chi connectivity index (χ3n) is 3.00. The highest BCUT2D eigenvalue weighted by molar-refractivity contribution is 9.10. The number of benzene rings is 1. The molecule has 1 aliphatic rings. The number of ether oxygens (including phenoxy) is 1. The Labute approximate surface area is 112 Å². The zero-order valence-electron chi connectivity index (χ0n) is 9.69. The highest BCUT2D eigenvalue weighted by atomic mass is 79.9. The molecular weight excluding hydrogens is 298 g/mol. The molecule has 0 spiro atoms. The van der Waals surface area contributed by atoms with E-state index in [1.807, 2.05) is 17.0 Å². The van der Waals surface area contributed by atoms with Gasteiger partial charge in [0.15, 0.2) is 11.3 Å². The Kier molecular flexibility index (Phi) is 3.09. The average molecular weight is 310 g/mol. The van der Waals surface area contributed by atoms with Gasteiger partial charge in [-0.2, -0.15) is 0 Å². The number of hydrogen-bond acceptors (Lipinski definition) is 4. The molecule has 2 aromatic rings. The van der Waals surface area contributed by atoms with E-state index >= 15 is 0 Å². The van der Waals surface area contributed by atoms with Gasteiger partial charge in [0.05, 0.1) is 18.6 Å². The summed E-state index contributed by atoms with van der Waals surface area (Å²) < 4.78 is 12.0. The molecule has 4 nitrogen and oxygen atoms in total. The van der Waals surface area contributed by atoms with E-state index in [1.165, 1.54) is 0 Å². The minimum atomic E-state index is -0.00904. The standard InChI is InChI=1S/C13H12BrNO3/c14-9-1-2-10-11(16)8-13(18-12(10)7-9)15-3-5-17-6-4-15/h1-2,7-8H,3-6H2. The molecule has 1 fully saturated rings. The molecule has 18 heavy (non-hydrogen) atoms. The van der Waals surface area contributed by atoms with Crippen LogP contribution in [0.2, 0.25) is 0 Å². The topological polar surface area (TPSA) is 42.7 Å². The molecule has 1 saturated heterocycles. The van der Waals surface area contributed by atoms with Gasteiger partial charge in [0.25, 0.3) is 0 Å². The van der Waals surface area contributed by atoms with Gasteiger partial charge in [0, 0.05) is 23.6 Å². The van der Waals surface area contributed by atoms with Crippen LogP contribution in [-0.4, -0.2) is 26.3 Å². The van der Waals surface area contributed by atoms with E-state index < -0.39 is 0 Å². The SMILES string of the molecule is O=c1cc(N2CCOCC2)oc2cc(Br)ccc12. The van der Waals surface area contributed by atoms with Gasteiger partial charge in [-0.25, -0.2) is 0 Å². The maximum Gasteiger partial charge on any atom is 0.200 e. The lowest BCUT2D eigenvalue weighted by molar-refractivity contribution is 0.121. The van der Waals surface area contributed by atoms with E-state index in [0.29, 0.717) is 30.1 Å². The Hall–Kier alpha value is -1.33. The molecule has 94 valence electrons. The second-order valence-corrected chi connectivity index (χ2v) is 5.10. The van der Waals surface area contributed by atoms with Gasteiger partial charge in [-0.3, -0.25) is 4.79 Å². The van der Waals surface area contributed by atoms with E-state index in [1.54, 1.807) is 12.1 Å². The molecule has 0 unspecified atom stereocenters. The number of halogens is 1. The fourth-order valence-electron chi connectivity index (χ4n) is 2.06. The van der Waals surface area contributed by atoms with Crippen molar-refractivity contribution in [2.24, 2.45) is 0 Å². The summed E-state index contributed by atoms with van der Waals surface area (Å²) in [5, 5.41) is 0.607. The minimum absolute atomic E-state index is 0.00904. The van der Waals surface area contributed by atoms with Crippen LogP contribution in [0.1, 0.15) is 0 Å². The van der Waals surface area contributed by atoms with Gasteiger partial charge in [-0.15, -0.1) is 0 Å². The van der Waals surface area contributed by atoms with Crippen molar-refractivity contribution in [1.82, 2.24) is 0 Å². The number of fused-ring (bicyclic) bond motifs is 1. The molecule has 1 aromatic carbocycles. The Morgan fingerprint density at radius 3 is 2.72 bits per heavy atom. The van der Waals surface area contributed by atoms with Crippen LogP contribution in [0.5, 0.6) is 0 Å². The third-order valence-corrected chi connectivity index (χ3v) is 3.49. The van der Waals surface area contributed by atoms with Gasteiger partial charge >= 0.3 is 0 Å². The summed E-state index contributed by atoms with van der Waals surface area (Å²) >= 11 is 3.38. The van der Waals surface area contributed by atoms with Crippen molar-refractivity contribution in [3.05, 3.63) is 39.0 Å². The maximum atomic E-state index is 12.0. The molecule has 1 aliphatic heterocycles. The first kappa shape index (κ1) is 11.7. The Balaban J connectivity index is 2.10. The second kappa shape index (κ2) is 4.74. The summed E-state index contributed by atoms with van der Waals surface area (Å²) in [6.45, 7) is 2.84. The van der Waals surface area contributed by atoms with Crippen LogP contribution in [0.4, 0.5) is 5.88 Å². The molecule has 1 aromatic heterocycles. The van der Waals surface area contributed by atoms with E-state index in [0.717, 1.165) is 17.6 Å². The van der Waals surface area contributed by atoms with Gasteiger partial charge in [-0.1, -0.05) is 15.9 Å². The van der Waals surface area contributed by atoms with E-state index in [9.17, 15) is 4.79 Å². The van der Waals surface area contributed by atoms with Gasteiger partial charge < -0.3 is 14.1 Å². The first-order chi connectivity index (χ1) is 8.74. The molecule has 5 heteroatoms. The fraction of sp³-hybridized carbons (Fsp3) is 0.308. The minimum Gasteiger partial charge on any atom is -0.440 e. The van der Waals surface area contributed by atoms with Crippen LogP contribution in [0.15, 0.2) is 37.9 Å². The molecular formula is C13H12BrNO3. The van der Waals surface area contributed by atoms with Crippen molar-refractivity contribution < 1.29 is 9.15 Å². The van der Waals surface area contributed by atoms with Gasteiger partial charge in [0.2, 0.25) is 0 Å². The van der Waals surface area contributed by atoms with Crippen molar-refractivity contribution in [2.45, 2.75) is 0 Å². The zero-order chi connectivity index (χ0) is 12.5. The normalized spacial score (nSPS) is 16.2. The number of morpholine rings is 1. The molecule has 0 atom stereocenters. The Morgan fingerprint density at radius 1 is 1.17 bits per heavy atom. The molecule has 0 bridgehead atoms. The predicted octanol–water partition coefficient (Wildman–Crippen LogP) is 2.39. The lowest BCUT2D eigenvalue weighted by atomic mass is 10.2. The molecule has 0 amide bonds. The van der Waals surface area contributed by atoms with Crippen LogP contribution in [0, 0.1) is 0 Å². The lowest BCUT2D eigenvalue weighted by Gasteiger charge is -2.27. The number of rotatable bonds is 1. The third kappa shape index (κ3) is 2.15. The monoisotopic (exact) mass is 309 g/mol. The second-order valence-electron chi connectivity index (χ2n) is 4.19. The van der Waals surface area contributed by atoms with Gasteiger partial charge in [-0.05, 0) is 18.2 Å². The van der Waals surface area contributed by atoms with E-state index in [4.69, 9.17) is 9.15 Å². The highest BCUT2D eigenvalue weighted by Gasteiger charge is 2.15. The summed E-state index contributed by atoms with van der Waals surface area (Å²) in [7, 11) is 0. The van der Waals surface area contributed by atoms with Crippen molar-refractivity contribution in [2.75, 3.05) is 31.2 Å². The summed E-state index contributed by atoms with van der Waals surface area (Å²) in [6.07, 6.45) is 0. The fourth-order valence-corrected chi connectivity index (χ4v) is 2.40. The van der Waals surface area contributed by atoms with Crippen LogP contribution in [0.25, 0.3) is 11.0 Å².